The second-order valence-corrected chi connectivity index (χ2v) is 2.60. The van der Waals surface area contributed by atoms with E-state index in [-0.39, 0.29) is 17.4 Å². The van der Waals surface area contributed by atoms with Crippen LogP contribution in [0.5, 0.6) is 0 Å². The molecule has 0 fully saturated rings. The molecular weight excluding hydrogens is 198 g/mol. The molecule has 1 aromatic carbocycles. The molecule has 5 heteroatoms. The first kappa shape index (κ1) is 9.92. The number of nitrogens with zero attached hydrogens (tertiary/aromatic N) is 1. The SMILES string of the molecule is NC(CCl)=Nc1cc(F)ccc1F. The molecule has 0 aliphatic rings. The van der Waals surface area contributed by atoms with Crippen molar-refractivity contribution in [2.24, 2.45) is 10.7 Å². The van der Waals surface area contributed by atoms with Crippen LogP contribution in [0, 0.1) is 11.6 Å². The van der Waals surface area contributed by atoms with Gasteiger partial charge in [-0.2, -0.15) is 0 Å². The summed E-state index contributed by atoms with van der Waals surface area (Å²) >= 11 is 5.32. The number of alkyl halides is 1. The first-order valence-electron chi connectivity index (χ1n) is 3.47. The lowest BCUT2D eigenvalue weighted by molar-refractivity contribution is 0.602. The summed E-state index contributed by atoms with van der Waals surface area (Å²) in [5.74, 6) is -1.17. The van der Waals surface area contributed by atoms with Crippen molar-refractivity contribution < 1.29 is 8.78 Å². The summed E-state index contributed by atoms with van der Waals surface area (Å²) in [4.78, 5) is 3.59. The Balaban J connectivity index is 3.07. The van der Waals surface area contributed by atoms with Gasteiger partial charge in [0.2, 0.25) is 0 Å². The smallest absolute Gasteiger partial charge is 0.149 e. The Morgan fingerprint density at radius 2 is 2.15 bits per heavy atom. The third-order valence-corrected chi connectivity index (χ3v) is 1.58. The molecule has 0 aromatic heterocycles. The Morgan fingerprint density at radius 3 is 2.77 bits per heavy atom. The van der Waals surface area contributed by atoms with Crippen molar-refractivity contribution in [3.05, 3.63) is 29.8 Å². The monoisotopic (exact) mass is 204 g/mol. The summed E-state index contributed by atoms with van der Waals surface area (Å²) in [6, 6.07) is 2.94. The molecule has 70 valence electrons. The quantitative estimate of drug-likeness (QED) is 0.448. The molecule has 0 radical (unpaired) electrons. The molecule has 0 saturated carbocycles. The highest BCUT2D eigenvalue weighted by Gasteiger charge is 2.02. The van der Waals surface area contributed by atoms with Gasteiger partial charge in [-0.3, -0.25) is 0 Å². The minimum atomic E-state index is -0.630. The minimum absolute atomic E-state index is 0.0179. The number of benzene rings is 1. The van der Waals surface area contributed by atoms with Gasteiger partial charge in [-0.25, -0.2) is 13.8 Å². The Kier molecular flexibility index (Phi) is 3.19. The highest BCUT2D eigenvalue weighted by molar-refractivity contribution is 6.28. The molecular formula is C8H7ClF2N2. The van der Waals surface area contributed by atoms with Gasteiger partial charge in [-0.1, -0.05) is 0 Å². The average molecular weight is 205 g/mol. The van der Waals surface area contributed by atoms with Crippen LogP contribution in [0.4, 0.5) is 14.5 Å². The molecule has 0 atom stereocenters. The van der Waals surface area contributed by atoms with Gasteiger partial charge in [0.05, 0.1) is 5.88 Å². The van der Waals surface area contributed by atoms with Crippen LogP contribution in [0.1, 0.15) is 0 Å². The standard InChI is InChI=1S/C8H7ClF2N2/c9-4-8(12)13-7-3-5(10)1-2-6(7)11/h1-3H,4H2,(H2,12,13). The van der Waals surface area contributed by atoms with Crippen LogP contribution in [-0.4, -0.2) is 11.7 Å². The summed E-state index contributed by atoms with van der Waals surface area (Å²) in [6.45, 7) is 0. The number of rotatable bonds is 2. The predicted molar refractivity (Wildman–Crippen MR) is 48.4 cm³/mol. The van der Waals surface area contributed by atoms with Crippen molar-refractivity contribution in [1.82, 2.24) is 0 Å². The maximum absolute atomic E-state index is 12.9. The van der Waals surface area contributed by atoms with Gasteiger partial charge in [0.15, 0.2) is 0 Å². The molecule has 1 aromatic rings. The lowest BCUT2D eigenvalue weighted by Gasteiger charge is -1.98. The maximum Gasteiger partial charge on any atom is 0.149 e. The van der Waals surface area contributed by atoms with Gasteiger partial charge in [0.1, 0.15) is 23.2 Å². The van der Waals surface area contributed by atoms with Crippen molar-refractivity contribution in [2.45, 2.75) is 0 Å². The summed E-state index contributed by atoms with van der Waals surface area (Å²) in [6.07, 6.45) is 0. The second kappa shape index (κ2) is 4.18. The van der Waals surface area contributed by atoms with Crippen molar-refractivity contribution >= 4 is 23.1 Å². The van der Waals surface area contributed by atoms with Crippen LogP contribution < -0.4 is 5.73 Å². The van der Waals surface area contributed by atoms with E-state index in [1.807, 2.05) is 0 Å². The minimum Gasteiger partial charge on any atom is -0.386 e. The summed E-state index contributed by atoms with van der Waals surface area (Å²) < 4.78 is 25.5. The number of hydrogen-bond donors (Lipinski definition) is 1. The zero-order valence-corrected chi connectivity index (χ0v) is 7.35. The zero-order valence-electron chi connectivity index (χ0n) is 6.60. The first-order valence-corrected chi connectivity index (χ1v) is 4.01. The largest absolute Gasteiger partial charge is 0.386 e. The lowest BCUT2D eigenvalue weighted by atomic mass is 10.3. The van der Waals surface area contributed by atoms with E-state index in [0.717, 1.165) is 18.2 Å². The Hall–Kier alpha value is -1.16. The maximum atomic E-state index is 12.9. The third kappa shape index (κ3) is 2.66. The molecule has 0 unspecified atom stereocenters. The molecule has 0 saturated heterocycles. The molecule has 2 N–H and O–H groups in total. The average Bonchev–Trinajstić information content (AvgIpc) is 2.11. The number of halogens is 3. The summed E-state index contributed by atoms with van der Waals surface area (Å²) in [7, 11) is 0. The van der Waals surface area contributed by atoms with Gasteiger partial charge >= 0.3 is 0 Å². The van der Waals surface area contributed by atoms with E-state index in [0.29, 0.717) is 0 Å². The van der Waals surface area contributed by atoms with Gasteiger partial charge in [-0.05, 0) is 12.1 Å². The molecule has 0 bridgehead atoms. The highest BCUT2D eigenvalue weighted by atomic mass is 35.5. The molecule has 0 heterocycles. The fourth-order valence-corrected chi connectivity index (χ4v) is 0.816. The fraction of sp³-hybridized carbons (Fsp3) is 0.125. The van der Waals surface area contributed by atoms with E-state index < -0.39 is 11.6 Å². The molecule has 2 nitrogen and oxygen atoms in total. The fourth-order valence-electron chi connectivity index (χ4n) is 0.756. The van der Waals surface area contributed by atoms with Gasteiger partial charge in [0, 0.05) is 6.07 Å². The van der Waals surface area contributed by atoms with E-state index in [1.165, 1.54) is 0 Å². The van der Waals surface area contributed by atoms with Crippen molar-refractivity contribution in [3.63, 3.8) is 0 Å². The number of amidine groups is 1. The molecule has 0 aliphatic heterocycles. The Bertz CT molecular complexity index is 339. The van der Waals surface area contributed by atoms with Crippen molar-refractivity contribution in [3.8, 4) is 0 Å². The van der Waals surface area contributed by atoms with E-state index >= 15 is 0 Å². The van der Waals surface area contributed by atoms with Crippen LogP contribution in [-0.2, 0) is 0 Å². The number of hydrogen-bond acceptors (Lipinski definition) is 1. The Morgan fingerprint density at radius 1 is 1.46 bits per heavy atom. The van der Waals surface area contributed by atoms with Crippen molar-refractivity contribution in [1.29, 1.82) is 0 Å². The zero-order chi connectivity index (χ0) is 9.84. The third-order valence-electron chi connectivity index (χ3n) is 1.31. The summed E-state index contributed by atoms with van der Waals surface area (Å²) in [5.41, 5.74) is 5.11. The normalized spacial score (nSPS) is 11.8. The molecule has 0 amide bonds. The highest BCUT2D eigenvalue weighted by Crippen LogP contribution is 2.18. The van der Waals surface area contributed by atoms with Crippen LogP contribution in [0.25, 0.3) is 0 Å². The molecule has 0 spiro atoms. The van der Waals surface area contributed by atoms with Gasteiger partial charge in [0.25, 0.3) is 0 Å². The van der Waals surface area contributed by atoms with Crippen LogP contribution >= 0.6 is 11.6 Å². The molecule has 1 rings (SSSR count). The van der Waals surface area contributed by atoms with E-state index in [2.05, 4.69) is 4.99 Å². The van der Waals surface area contributed by atoms with Gasteiger partial charge < -0.3 is 5.73 Å². The van der Waals surface area contributed by atoms with Crippen LogP contribution in [0.15, 0.2) is 23.2 Å². The van der Waals surface area contributed by atoms with Crippen molar-refractivity contribution in [2.75, 3.05) is 5.88 Å². The van der Waals surface area contributed by atoms with E-state index in [4.69, 9.17) is 17.3 Å². The Labute approximate surface area is 79.0 Å². The summed E-state index contributed by atoms with van der Waals surface area (Å²) in [5, 5.41) is 0. The number of nitrogens with two attached hydrogens (primary N) is 1. The molecule has 0 aliphatic carbocycles. The van der Waals surface area contributed by atoms with Crippen LogP contribution in [0.3, 0.4) is 0 Å². The van der Waals surface area contributed by atoms with E-state index in [9.17, 15) is 8.78 Å². The van der Waals surface area contributed by atoms with Gasteiger partial charge in [-0.15, -0.1) is 11.6 Å². The number of aliphatic imine (C=N–C) groups is 1. The van der Waals surface area contributed by atoms with Crippen LogP contribution in [0.2, 0.25) is 0 Å². The predicted octanol–water partition coefficient (Wildman–Crippen LogP) is 2.19. The topological polar surface area (TPSA) is 38.4 Å². The molecule has 13 heavy (non-hydrogen) atoms. The first-order chi connectivity index (χ1) is 6.13. The van der Waals surface area contributed by atoms with E-state index in [1.54, 1.807) is 0 Å². The second-order valence-electron chi connectivity index (χ2n) is 2.33. The lowest BCUT2D eigenvalue weighted by Crippen LogP contribution is -2.12.